The molecular formula is C24H32N2O3. The first-order valence-electron chi connectivity index (χ1n) is 10.5. The second-order valence-corrected chi connectivity index (χ2v) is 7.07. The van der Waals surface area contributed by atoms with Crippen LogP contribution < -0.4 is 15.6 Å². The molecule has 0 saturated heterocycles. The van der Waals surface area contributed by atoms with Gasteiger partial charge in [0.1, 0.15) is 11.4 Å². The normalized spacial score (nSPS) is 12.4. The van der Waals surface area contributed by atoms with Gasteiger partial charge in [-0.3, -0.25) is 14.2 Å². The zero-order valence-electron chi connectivity index (χ0n) is 17.7. The number of pyridine rings is 1. The number of amides is 1. The molecular weight excluding hydrogens is 364 g/mol. The first kappa shape index (κ1) is 22.5. The number of nitrogens with one attached hydrogen (secondary N) is 1. The van der Waals surface area contributed by atoms with E-state index in [0.29, 0.717) is 24.8 Å². The molecule has 1 amide bonds. The molecule has 5 nitrogen and oxygen atoms in total. The van der Waals surface area contributed by atoms with Crippen molar-refractivity contribution in [3.8, 4) is 5.75 Å². The summed E-state index contributed by atoms with van der Waals surface area (Å²) in [7, 11) is 0. The molecule has 5 heteroatoms. The van der Waals surface area contributed by atoms with E-state index in [2.05, 4.69) is 19.2 Å². The minimum absolute atomic E-state index is 0.238. The Bertz CT molecular complexity index is 853. The smallest absolute Gasteiger partial charge is 0.268 e. The molecule has 0 saturated carbocycles. The highest BCUT2D eigenvalue weighted by Gasteiger charge is 2.15. The molecule has 0 fully saturated rings. The molecule has 2 aromatic rings. The Morgan fingerprint density at radius 3 is 2.52 bits per heavy atom. The monoisotopic (exact) mass is 396 g/mol. The van der Waals surface area contributed by atoms with Gasteiger partial charge in [-0.15, -0.1) is 0 Å². The van der Waals surface area contributed by atoms with Gasteiger partial charge in [-0.1, -0.05) is 51.3 Å². The van der Waals surface area contributed by atoms with E-state index >= 15 is 0 Å². The summed E-state index contributed by atoms with van der Waals surface area (Å²) in [4.78, 5) is 25.4. The Kier molecular flexibility index (Phi) is 9.22. The van der Waals surface area contributed by atoms with E-state index < -0.39 is 0 Å². The van der Waals surface area contributed by atoms with Gasteiger partial charge in [0.25, 0.3) is 11.5 Å². The lowest BCUT2D eigenvalue weighted by molar-refractivity contribution is -0.116. The van der Waals surface area contributed by atoms with Crippen LogP contribution in [0.3, 0.4) is 0 Å². The van der Waals surface area contributed by atoms with E-state index in [1.165, 1.54) is 10.6 Å². The maximum atomic E-state index is 13.0. The number of hydrogen-bond acceptors (Lipinski definition) is 3. The fourth-order valence-corrected chi connectivity index (χ4v) is 3.13. The predicted molar refractivity (Wildman–Crippen MR) is 119 cm³/mol. The van der Waals surface area contributed by atoms with E-state index in [1.54, 1.807) is 24.4 Å². The highest BCUT2D eigenvalue weighted by atomic mass is 16.5. The van der Waals surface area contributed by atoms with E-state index in [-0.39, 0.29) is 11.5 Å². The predicted octanol–water partition coefficient (Wildman–Crippen LogP) is 4.58. The molecule has 1 N–H and O–H groups in total. The Morgan fingerprint density at radius 2 is 1.90 bits per heavy atom. The lowest BCUT2D eigenvalue weighted by Crippen LogP contribution is -2.33. The van der Waals surface area contributed by atoms with Gasteiger partial charge in [0.05, 0.1) is 6.61 Å². The van der Waals surface area contributed by atoms with Gasteiger partial charge in [-0.2, -0.15) is 0 Å². The summed E-state index contributed by atoms with van der Waals surface area (Å²) >= 11 is 0. The fourth-order valence-electron chi connectivity index (χ4n) is 3.13. The minimum atomic E-state index is -0.248. The number of nitrogens with zero attached hydrogens (tertiary/aromatic N) is 1. The van der Waals surface area contributed by atoms with Crippen molar-refractivity contribution in [2.24, 2.45) is 5.92 Å². The summed E-state index contributed by atoms with van der Waals surface area (Å²) in [5.74, 6) is 0.967. The van der Waals surface area contributed by atoms with Crippen molar-refractivity contribution in [2.75, 3.05) is 13.2 Å². The summed E-state index contributed by atoms with van der Waals surface area (Å²) in [5, 5.41) is 3.03. The van der Waals surface area contributed by atoms with E-state index in [9.17, 15) is 9.59 Å². The maximum Gasteiger partial charge on any atom is 0.268 e. The standard InChI is InChI=1S/C24H32N2O3/c1-4-7-10-19(5-2)18-25-24(28)22(26-16-9-8-11-23(26)27)17-20-12-14-21(15-13-20)29-6-3/h8-9,11-17,19H,4-7,10,18H2,1-3H3,(H,25,28)/b22-17+/t19-/m0/s1. The van der Waals surface area contributed by atoms with Crippen LogP contribution in [0.2, 0.25) is 0 Å². The van der Waals surface area contributed by atoms with Gasteiger partial charge >= 0.3 is 0 Å². The zero-order valence-corrected chi connectivity index (χ0v) is 17.7. The van der Waals surface area contributed by atoms with Crippen molar-refractivity contribution in [2.45, 2.75) is 46.5 Å². The average Bonchev–Trinajstić information content (AvgIpc) is 2.74. The molecule has 0 unspecified atom stereocenters. The molecule has 1 heterocycles. The molecule has 0 aliphatic heterocycles. The third-order valence-electron chi connectivity index (χ3n) is 4.90. The molecule has 0 bridgehead atoms. The molecule has 2 rings (SSSR count). The maximum absolute atomic E-state index is 13.0. The third-order valence-corrected chi connectivity index (χ3v) is 4.90. The summed E-state index contributed by atoms with van der Waals surface area (Å²) in [6, 6.07) is 12.3. The highest BCUT2D eigenvalue weighted by Crippen LogP contribution is 2.17. The lowest BCUT2D eigenvalue weighted by Gasteiger charge is -2.17. The van der Waals surface area contributed by atoms with Crippen molar-refractivity contribution in [3.63, 3.8) is 0 Å². The van der Waals surface area contributed by atoms with Gasteiger partial charge in [-0.25, -0.2) is 0 Å². The Labute approximate surface area is 173 Å². The van der Waals surface area contributed by atoms with Gasteiger partial charge < -0.3 is 10.1 Å². The van der Waals surface area contributed by atoms with Crippen molar-refractivity contribution in [1.29, 1.82) is 0 Å². The van der Waals surface area contributed by atoms with E-state index in [1.807, 2.05) is 31.2 Å². The summed E-state index contributed by atoms with van der Waals surface area (Å²) < 4.78 is 6.86. The second-order valence-electron chi connectivity index (χ2n) is 7.07. The van der Waals surface area contributed by atoms with Crippen molar-refractivity contribution in [1.82, 2.24) is 9.88 Å². The Hall–Kier alpha value is -2.82. The highest BCUT2D eigenvalue weighted by molar-refractivity contribution is 6.18. The summed E-state index contributed by atoms with van der Waals surface area (Å²) in [6.07, 6.45) is 7.77. The van der Waals surface area contributed by atoms with Crippen LogP contribution in [0.4, 0.5) is 0 Å². The molecule has 0 spiro atoms. The van der Waals surface area contributed by atoms with Crippen LogP contribution >= 0.6 is 0 Å². The van der Waals surface area contributed by atoms with Crippen LogP contribution in [0.5, 0.6) is 5.75 Å². The molecule has 0 radical (unpaired) electrons. The minimum Gasteiger partial charge on any atom is -0.494 e. The number of hydrogen-bond donors (Lipinski definition) is 1. The van der Waals surface area contributed by atoms with E-state index in [4.69, 9.17) is 4.74 Å². The largest absolute Gasteiger partial charge is 0.494 e. The van der Waals surface area contributed by atoms with E-state index in [0.717, 1.165) is 37.0 Å². The van der Waals surface area contributed by atoms with Gasteiger partial charge in [0, 0.05) is 18.8 Å². The quantitative estimate of drug-likeness (QED) is 0.566. The number of benzene rings is 1. The van der Waals surface area contributed by atoms with Gasteiger partial charge in [0.2, 0.25) is 0 Å². The molecule has 156 valence electrons. The van der Waals surface area contributed by atoms with Crippen molar-refractivity contribution < 1.29 is 9.53 Å². The first-order valence-corrected chi connectivity index (χ1v) is 10.5. The third kappa shape index (κ3) is 6.93. The molecule has 0 aliphatic carbocycles. The number of rotatable bonds is 11. The second kappa shape index (κ2) is 11.9. The van der Waals surface area contributed by atoms with Gasteiger partial charge in [-0.05, 0) is 49.1 Å². The van der Waals surface area contributed by atoms with Crippen LogP contribution in [0.15, 0.2) is 53.5 Å². The van der Waals surface area contributed by atoms with Gasteiger partial charge in [0.15, 0.2) is 0 Å². The molecule has 29 heavy (non-hydrogen) atoms. The molecule has 1 aromatic heterocycles. The Balaban J connectivity index is 2.27. The zero-order chi connectivity index (χ0) is 21.1. The summed E-state index contributed by atoms with van der Waals surface area (Å²) in [5.41, 5.74) is 0.898. The number of carbonyl (C=O) groups excluding carboxylic acids is 1. The fraction of sp³-hybridized carbons (Fsp3) is 0.417. The van der Waals surface area contributed by atoms with Crippen LogP contribution in [0.1, 0.15) is 52.0 Å². The first-order chi connectivity index (χ1) is 14.1. The van der Waals surface area contributed by atoms with Crippen molar-refractivity contribution >= 4 is 17.7 Å². The average molecular weight is 397 g/mol. The van der Waals surface area contributed by atoms with Crippen molar-refractivity contribution in [3.05, 3.63) is 64.6 Å². The summed E-state index contributed by atoms with van der Waals surface area (Å²) in [6.45, 7) is 7.45. The number of aromatic nitrogens is 1. The van der Waals surface area contributed by atoms with Crippen LogP contribution in [-0.4, -0.2) is 23.6 Å². The topological polar surface area (TPSA) is 60.3 Å². The SMILES string of the molecule is CCCC[C@H](CC)CNC(=O)/C(=C\c1ccc(OCC)cc1)n1ccccc1=O. The van der Waals surface area contributed by atoms with Crippen LogP contribution in [0, 0.1) is 5.92 Å². The number of ether oxygens (including phenoxy) is 1. The molecule has 0 aliphatic rings. The molecule has 1 aromatic carbocycles. The molecule has 1 atom stereocenters. The Morgan fingerprint density at radius 1 is 1.14 bits per heavy atom. The van der Waals surface area contributed by atoms with Crippen LogP contribution in [0.25, 0.3) is 11.8 Å². The number of unbranched alkanes of at least 4 members (excludes halogenated alkanes) is 1. The number of carbonyl (C=O) groups is 1. The lowest BCUT2D eigenvalue weighted by atomic mass is 9.99. The van der Waals surface area contributed by atoms with Crippen LogP contribution in [-0.2, 0) is 4.79 Å².